The maximum Gasteiger partial charge on any atom is 0.126 e. The molecule has 2 aromatic carbocycles. The quantitative estimate of drug-likeness (QED) is 0.759. The fourth-order valence-corrected chi connectivity index (χ4v) is 2.55. The van der Waals surface area contributed by atoms with Crippen molar-refractivity contribution in [2.24, 2.45) is 0 Å². The van der Waals surface area contributed by atoms with Crippen LogP contribution >= 0.6 is 11.6 Å². The second-order valence-electron chi connectivity index (χ2n) is 5.41. The molecule has 2 rings (SSSR count). The summed E-state index contributed by atoms with van der Waals surface area (Å²) in [5.74, 6) is -0.152. The average molecular weight is 306 g/mol. The Morgan fingerprint density at radius 3 is 2.29 bits per heavy atom. The van der Waals surface area contributed by atoms with Crippen LogP contribution in [0.15, 0.2) is 42.5 Å². The first kappa shape index (κ1) is 16.0. The smallest absolute Gasteiger partial charge is 0.126 e. The molecule has 0 spiro atoms. The van der Waals surface area contributed by atoms with E-state index in [4.69, 9.17) is 11.6 Å². The molecule has 2 atom stereocenters. The van der Waals surface area contributed by atoms with Gasteiger partial charge in [-0.15, -0.1) is 0 Å². The molecule has 0 saturated heterocycles. The molecule has 112 valence electrons. The third-order valence-electron chi connectivity index (χ3n) is 3.83. The van der Waals surface area contributed by atoms with Crippen LogP contribution in [-0.2, 0) is 0 Å². The molecule has 0 fully saturated rings. The van der Waals surface area contributed by atoms with Crippen molar-refractivity contribution >= 4 is 11.6 Å². The highest BCUT2D eigenvalue weighted by Gasteiger charge is 2.14. The minimum absolute atomic E-state index is 0.0840. The van der Waals surface area contributed by atoms with Crippen LogP contribution in [0.1, 0.15) is 49.0 Å². The molecular weight excluding hydrogens is 285 g/mol. The van der Waals surface area contributed by atoms with Gasteiger partial charge in [0.05, 0.1) is 0 Å². The molecule has 2 unspecified atom stereocenters. The molecule has 0 saturated carbocycles. The highest BCUT2D eigenvalue weighted by atomic mass is 35.5. The predicted octanol–water partition coefficient (Wildman–Crippen LogP) is 5.59. The van der Waals surface area contributed by atoms with Gasteiger partial charge in [0.15, 0.2) is 0 Å². The first-order chi connectivity index (χ1) is 10.0. The lowest BCUT2D eigenvalue weighted by Gasteiger charge is -2.23. The highest BCUT2D eigenvalue weighted by molar-refractivity contribution is 6.30. The van der Waals surface area contributed by atoms with Crippen molar-refractivity contribution in [2.45, 2.75) is 39.3 Å². The van der Waals surface area contributed by atoms with E-state index in [0.29, 0.717) is 5.56 Å². The maximum absolute atomic E-state index is 13.7. The van der Waals surface area contributed by atoms with E-state index in [9.17, 15) is 4.39 Å². The van der Waals surface area contributed by atoms with E-state index in [1.165, 1.54) is 5.56 Å². The zero-order chi connectivity index (χ0) is 15.4. The zero-order valence-corrected chi connectivity index (χ0v) is 13.4. The van der Waals surface area contributed by atoms with E-state index in [-0.39, 0.29) is 17.9 Å². The van der Waals surface area contributed by atoms with Gasteiger partial charge in [-0.25, -0.2) is 4.39 Å². The zero-order valence-electron chi connectivity index (χ0n) is 12.7. The molecule has 0 bridgehead atoms. The van der Waals surface area contributed by atoms with Crippen molar-refractivity contribution in [1.82, 2.24) is 5.32 Å². The summed E-state index contributed by atoms with van der Waals surface area (Å²) in [6.07, 6.45) is 0.959. The van der Waals surface area contributed by atoms with Crippen LogP contribution in [0, 0.1) is 12.7 Å². The molecule has 0 aliphatic carbocycles. The van der Waals surface area contributed by atoms with Crippen LogP contribution in [0.25, 0.3) is 0 Å². The molecule has 21 heavy (non-hydrogen) atoms. The van der Waals surface area contributed by atoms with Gasteiger partial charge in [-0.2, -0.15) is 0 Å². The van der Waals surface area contributed by atoms with Gasteiger partial charge in [-0.05, 0) is 55.2 Å². The number of hydrogen-bond acceptors (Lipinski definition) is 1. The molecule has 0 heterocycles. The minimum atomic E-state index is -0.152. The molecule has 0 radical (unpaired) electrons. The Balaban J connectivity index is 2.13. The molecule has 2 aromatic rings. The number of rotatable bonds is 5. The number of hydrogen-bond donors (Lipinski definition) is 1. The Hall–Kier alpha value is -1.38. The number of aryl methyl sites for hydroxylation is 1. The lowest BCUT2D eigenvalue weighted by Crippen LogP contribution is -2.24. The Bertz CT molecular complexity index is 595. The van der Waals surface area contributed by atoms with Gasteiger partial charge in [-0.1, -0.05) is 42.8 Å². The Kier molecular flexibility index (Phi) is 5.38. The number of benzene rings is 2. The fraction of sp³-hybridized carbons (Fsp3) is 0.333. The molecule has 0 aliphatic heterocycles. The third-order valence-corrected chi connectivity index (χ3v) is 4.08. The molecule has 0 aromatic heterocycles. The lowest BCUT2D eigenvalue weighted by atomic mass is 10.0. The predicted molar refractivity (Wildman–Crippen MR) is 87.2 cm³/mol. The van der Waals surface area contributed by atoms with Crippen LogP contribution in [0.3, 0.4) is 0 Å². The summed E-state index contributed by atoms with van der Waals surface area (Å²) in [4.78, 5) is 0. The van der Waals surface area contributed by atoms with E-state index in [1.54, 1.807) is 13.0 Å². The maximum atomic E-state index is 13.7. The molecular formula is C18H21ClFN. The number of halogens is 2. The molecule has 3 heteroatoms. The summed E-state index contributed by atoms with van der Waals surface area (Å²) < 4.78 is 13.7. The van der Waals surface area contributed by atoms with Gasteiger partial charge < -0.3 is 5.32 Å². The summed E-state index contributed by atoms with van der Waals surface area (Å²) in [6.45, 7) is 5.97. The fourth-order valence-electron chi connectivity index (χ4n) is 2.42. The van der Waals surface area contributed by atoms with Crippen molar-refractivity contribution in [3.8, 4) is 0 Å². The Labute approximate surface area is 131 Å². The molecule has 1 nitrogen and oxygen atoms in total. The van der Waals surface area contributed by atoms with E-state index >= 15 is 0 Å². The summed E-state index contributed by atoms with van der Waals surface area (Å²) in [5, 5.41) is 4.29. The van der Waals surface area contributed by atoms with Crippen molar-refractivity contribution in [2.75, 3.05) is 0 Å². The second kappa shape index (κ2) is 7.06. The topological polar surface area (TPSA) is 12.0 Å². The normalized spacial score (nSPS) is 14.0. The van der Waals surface area contributed by atoms with E-state index in [2.05, 4.69) is 19.2 Å². The van der Waals surface area contributed by atoms with Gasteiger partial charge >= 0.3 is 0 Å². The van der Waals surface area contributed by atoms with Gasteiger partial charge in [0.1, 0.15) is 5.82 Å². The van der Waals surface area contributed by atoms with Crippen LogP contribution in [-0.4, -0.2) is 0 Å². The molecule has 1 N–H and O–H groups in total. The first-order valence-electron chi connectivity index (χ1n) is 7.28. The van der Waals surface area contributed by atoms with Crippen molar-refractivity contribution in [3.63, 3.8) is 0 Å². The van der Waals surface area contributed by atoms with Crippen LogP contribution in [0.5, 0.6) is 0 Å². The third kappa shape index (κ3) is 4.05. The highest BCUT2D eigenvalue weighted by Crippen LogP contribution is 2.24. The number of nitrogens with one attached hydrogen (secondary N) is 1. The standard InChI is InChI=1S/C18H21ClFN/c1-4-18(14-7-9-16(19)10-8-14)21-13(3)15-6-5-12(2)17(20)11-15/h5-11,13,18,21H,4H2,1-3H3. The van der Waals surface area contributed by atoms with Gasteiger partial charge in [0.2, 0.25) is 0 Å². The largest absolute Gasteiger partial charge is 0.303 e. The lowest BCUT2D eigenvalue weighted by molar-refractivity contribution is 0.454. The van der Waals surface area contributed by atoms with E-state index in [0.717, 1.165) is 17.0 Å². The summed E-state index contributed by atoms with van der Waals surface area (Å²) >= 11 is 5.93. The van der Waals surface area contributed by atoms with Gasteiger partial charge in [-0.3, -0.25) is 0 Å². The monoisotopic (exact) mass is 305 g/mol. The van der Waals surface area contributed by atoms with Crippen molar-refractivity contribution in [3.05, 3.63) is 70.0 Å². The average Bonchev–Trinajstić information content (AvgIpc) is 2.48. The SMILES string of the molecule is CCC(NC(C)c1ccc(C)c(F)c1)c1ccc(Cl)cc1. The first-order valence-corrected chi connectivity index (χ1v) is 7.66. The van der Waals surface area contributed by atoms with Crippen LogP contribution in [0.2, 0.25) is 5.02 Å². The van der Waals surface area contributed by atoms with Crippen molar-refractivity contribution in [1.29, 1.82) is 0 Å². The van der Waals surface area contributed by atoms with Gasteiger partial charge in [0, 0.05) is 17.1 Å². The Morgan fingerprint density at radius 1 is 1.10 bits per heavy atom. The van der Waals surface area contributed by atoms with E-state index < -0.39 is 0 Å². The van der Waals surface area contributed by atoms with E-state index in [1.807, 2.05) is 36.4 Å². The Morgan fingerprint density at radius 2 is 1.71 bits per heavy atom. The minimum Gasteiger partial charge on any atom is -0.303 e. The second-order valence-corrected chi connectivity index (χ2v) is 5.85. The van der Waals surface area contributed by atoms with Crippen LogP contribution < -0.4 is 5.32 Å². The summed E-state index contributed by atoms with van der Waals surface area (Å²) in [5.41, 5.74) is 2.84. The molecule has 0 aliphatic rings. The van der Waals surface area contributed by atoms with Crippen LogP contribution in [0.4, 0.5) is 4.39 Å². The van der Waals surface area contributed by atoms with Gasteiger partial charge in [0.25, 0.3) is 0 Å². The van der Waals surface area contributed by atoms with Crippen molar-refractivity contribution < 1.29 is 4.39 Å². The summed E-state index contributed by atoms with van der Waals surface area (Å²) in [7, 11) is 0. The molecule has 0 amide bonds. The summed E-state index contributed by atoms with van der Waals surface area (Å²) in [6, 6.07) is 13.6.